The number of hydrogen-bond donors (Lipinski definition) is 0. The smallest absolute Gasteiger partial charge is 0.207 e. The minimum absolute atomic E-state index is 0.00758. The monoisotopic (exact) mass is 397 g/mol. The second-order valence-electron chi connectivity index (χ2n) is 6.71. The highest BCUT2D eigenvalue weighted by Crippen LogP contribution is 2.28. The lowest BCUT2D eigenvalue weighted by Gasteiger charge is -2.15. The molecule has 1 fully saturated rings. The summed E-state index contributed by atoms with van der Waals surface area (Å²) in [7, 11) is -7.72. The van der Waals surface area contributed by atoms with E-state index in [1.54, 1.807) is 12.1 Å². The summed E-state index contributed by atoms with van der Waals surface area (Å²) in [5.41, 5.74) is 2.14. The summed E-state index contributed by atoms with van der Waals surface area (Å²) in [5.74, 6) is 0. The van der Waals surface area contributed by atoms with Crippen LogP contribution in [0.2, 0.25) is 0 Å². The topological polar surface area (TPSA) is 89.3 Å². The van der Waals surface area contributed by atoms with Crippen LogP contribution in [-0.4, -0.2) is 43.4 Å². The summed E-state index contributed by atoms with van der Waals surface area (Å²) in [4.78, 5) is 0.0862. The molecule has 7 nitrogen and oxygen atoms in total. The summed E-state index contributed by atoms with van der Waals surface area (Å²) in [5, 5.41) is 4.07. The molecule has 1 aliphatic heterocycles. The summed E-state index contributed by atoms with van der Waals surface area (Å²) in [6.45, 7) is 7.66. The van der Waals surface area contributed by atoms with Gasteiger partial charge in [-0.15, -0.1) is 0 Å². The van der Waals surface area contributed by atoms with Crippen LogP contribution in [0.3, 0.4) is 0 Å². The van der Waals surface area contributed by atoms with Crippen LogP contribution < -0.4 is 0 Å². The van der Waals surface area contributed by atoms with Crippen LogP contribution >= 0.6 is 0 Å². The van der Waals surface area contributed by atoms with Gasteiger partial charge in [0.2, 0.25) is 10.0 Å². The molecule has 0 spiro atoms. The lowest BCUT2D eigenvalue weighted by Crippen LogP contribution is -2.29. The normalized spacial score (nSPS) is 16.3. The van der Waals surface area contributed by atoms with Gasteiger partial charge in [0.05, 0.1) is 16.3 Å². The highest BCUT2D eigenvalue weighted by Gasteiger charge is 2.35. The lowest BCUT2D eigenvalue weighted by molar-refractivity contribution is 0.476. The molecule has 3 rings (SSSR count). The van der Waals surface area contributed by atoms with Gasteiger partial charge in [0, 0.05) is 13.1 Å². The number of benzene rings is 1. The third kappa shape index (κ3) is 2.97. The summed E-state index contributed by atoms with van der Waals surface area (Å²) >= 11 is 0. The quantitative estimate of drug-likeness (QED) is 0.788. The maximum Gasteiger partial charge on any atom is 0.283 e. The lowest BCUT2D eigenvalue weighted by atomic mass is 10.1. The Kier molecular flexibility index (Phi) is 4.74. The Balaban J connectivity index is 2.14. The van der Waals surface area contributed by atoms with E-state index in [0.717, 1.165) is 28.1 Å². The number of aromatic nitrogens is 2. The zero-order valence-corrected chi connectivity index (χ0v) is 17.0. The highest BCUT2D eigenvalue weighted by molar-refractivity contribution is 7.90. The van der Waals surface area contributed by atoms with E-state index in [4.69, 9.17) is 0 Å². The average molecular weight is 398 g/mol. The van der Waals surface area contributed by atoms with E-state index >= 15 is 0 Å². The molecule has 0 radical (unpaired) electrons. The molecule has 0 N–H and O–H groups in total. The summed E-state index contributed by atoms with van der Waals surface area (Å²) in [6, 6.07) is 4.83. The molecule has 0 unspecified atom stereocenters. The van der Waals surface area contributed by atoms with Crippen LogP contribution in [0.25, 0.3) is 0 Å². The first kappa shape index (κ1) is 19.1. The minimum Gasteiger partial charge on any atom is -0.207 e. The number of aryl methyl sites for hydroxylation is 3. The molecule has 0 saturated carbocycles. The SMILES string of the molecule is Cc1ccc(S(=O)(=O)n2nc(C)c(S(=O)(=O)N3CCCC3)c2C)cc1C. The fraction of sp³-hybridized carbons (Fsp3) is 0.471. The van der Waals surface area contributed by atoms with Crippen LogP contribution in [0.4, 0.5) is 0 Å². The van der Waals surface area contributed by atoms with Crippen molar-refractivity contribution in [2.24, 2.45) is 0 Å². The number of hydrogen-bond acceptors (Lipinski definition) is 5. The molecule has 0 aliphatic carbocycles. The van der Waals surface area contributed by atoms with Gasteiger partial charge in [-0.1, -0.05) is 6.07 Å². The van der Waals surface area contributed by atoms with Crippen molar-refractivity contribution < 1.29 is 16.8 Å². The molecule has 0 atom stereocenters. The molecule has 142 valence electrons. The van der Waals surface area contributed by atoms with Crippen molar-refractivity contribution in [1.82, 2.24) is 13.5 Å². The molecule has 1 aromatic carbocycles. The minimum atomic E-state index is -3.97. The van der Waals surface area contributed by atoms with Gasteiger partial charge in [-0.2, -0.15) is 21.9 Å². The number of rotatable bonds is 4. The Morgan fingerprint density at radius 1 is 0.885 bits per heavy atom. The molecule has 0 amide bonds. The van der Waals surface area contributed by atoms with Gasteiger partial charge >= 0.3 is 0 Å². The van der Waals surface area contributed by atoms with Crippen molar-refractivity contribution in [3.05, 3.63) is 40.7 Å². The maximum absolute atomic E-state index is 13.0. The molecule has 1 aromatic heterocycles. The predicted octanol–water partition coefficient (Wildman–Crippen LogP) is 2.14. The molecule has 1 saturated heterocycles. The zero-order valence-electron chi connectivity index (χ0n) is 15.4. The standard InChI is InChI=1S/C17H23N3O4S2/c1-12-7-8-16(11-13(12)2)25(21,22)20-15(4)17(14(3)18-20)26(23,24)19-9-5-6-10-19/h7-8,11H,5-6,9-10H2,1-4H3. The largest absolute Gasteiger partial charge is 0.283 e. The molecule has 2 aromatic rings. The Morgan fingerprint density at radius 2 is 1.50 bits per heavy atom. The van der Waals surface area contributed by atoms with Crippen molar-refractivity contribution in [3.63, 3.8) is 0 Å². The van der Waals surface area contributed by atoms with E-state index < -0.39 is 20.0 Å². The van der Waals surface area contributed by atoms with E-state index in [2.05, 4.69) is 5.10 Å². The Hall–Kier alpha value is -1.71. The van der Waals surface area contributed by atoms with Crippen LogP contribution in [0.5, 0.6) is 0 Å². The van der Waals surface area contributed by atoms with Crippen LogP contribution in [0.15, 0.2) is 28.0 Å². The van der Waals surface area contributed by atoms with E-state index in [9.17, 15) is 16.8 Å². The molecule has 9 heteroatoms. The van der Waals surface area contributed by atoms with Crippen LogP contribution in [0, 0.1) is 27.7 Å². The molecule has 0 bridgehead atoms. The van der Waals surface area contributed by atoms with E-state index in [0.29, 0.717) is 13.1 Å². The van der Waals surface area contributed by atoms with Gasteiger partial charge in [-0.25, -0.2) is 8.42 Å². The first-order valence-corrected chi connectivity index (χ1v) is 11.3. The fourth-order valence-electron chi connectivity index (χ4n) is 3.24. The van der Waals surface area contributed by atoms with E-state index in [1.165, 1.54) is 24.2 Å². The van der Waals surface area contributed by atoms with Gasteiger partial charge in [-0.05, 0) is 63.8 Å². The third-order valence-corrected chi connectivity index (χ3v) is 8.66. The fourth-order valence-corrected chi connectivity index (χ4v) is 6.62. The second-order valence-corrected chi connectivity index (χ2v) is 10.3. The first-order chi connectivity index (χ1) is 12.1. The number of sulfonamides is 1. The average Bonchev–Trinajstić information content (AvgIpc) is 3.19. The molecular formula is C17H23N3O4S2. The number of nitrogens with zero attached hydrogens (tertiary/aromatic N) is 3. The van der Waals surface area contributed by atoms with Gasteiger partial charge in [0.15, 0.2) is 0 Å². The van der Waals surface area contributed by atoms with Crippen molar-refractivity contribution in [2.75, 3.05) is 13.1 Å². The highest BCUT2D eigenvalue weighted by atomic mass is 32.2. The van der Waals surface area contributed by atoms with Gasteiger partial charge in [0.25, 0.3) is 10.0 Å². The Morgan fingerprint density at radius 3 is 2.08 bits per heavy atom. The third-order valence-electron chi connectivity index (χ3n) is 4.85. The Bertz CT molecular complexity index is 1060. The first-order valence-electron chi connectivity index (χ1n) is 8.46. The zero-order chi connectivity index (χ0) is 19.3. The molecule has 1 aliphatic rings. The molecule has 2 heterocycles. The van der Waals surface area contributed by atoms with Crippen molar-refractivity contribution in [1.29, 1.82) is 0 Å². The van der Waals surface area contributed by atoms with Crippen molar-refractivity contribution in [2.45, 2.75) is 50.3 Å². The van der Waals surface area contributed by atoms with E-state index in [-0.39, 0.29) is 21.2 Å². The van der Waals surface area contributed by atoms with Crippen LogP contribution in [-0.2, 0) is 20.0 Å². The summed E-state index contributed by atoms with van der Waals surface area (Å²) < 4.78 is 54.1. The van der Waals surface area contributed by atoms with Gasteiger partial charge in [-0.3, -0.25) is 0 Å². The van der Waals surface area contributed by atoms with Crippen molar-refractivity contribution in [3.8, 4) is 0 Å². The van der Waals surface area contributed by atoms with Crippen LogP contribution in [0.1, 0.15) is 35.4 Å². The van der Waals surface area contributed by atoms with Gasteiger partial charge < -0.3 is 0 Å². The van der Waals surface area contributed by atoms with Gasteiger partial charge in [0.1, 0.15) is 4.90 Å². The molecule has 26 heavy (non-hydrogen) atoms. The van der Waals surface area contributed by atoms with Crippen molar-refractivity contribution >= 4 is 20.0 Å². The second kappa shape index (κ2) is 6.47. The Labute approximate surface area is 154 Å². The predicted molar refractivity (Wildman–Crippen MR) is 98.2 cm³/mol. The van der Waals surface area contributed by atoms with E-state index in [1.807, 2.05) is 13.8 Å². The molecular weight excluding hydrogens is 374 g/mol. The maximum atomic E-state index is 13.0. The summed E-state index contributed by atoms with van der Waals surface area (Å²) in [6.07, 6.45) is 1.62.